The van der Waals surface area contributed by atoms with Crippen LogP contribution in [0.4, 0.5) is 11.4 Å². The number of allylic oxidation sites excluding steroid dienone is 3. The third-order valence-corrected chi connectivity index (χ3v) is 13.3. The molecule has 282 valence electrons. The normalized spacial score (nSPS) is 15.3. The zero-order valence-electron chi connectivity index (χ0n) is 33.2. The summed E-state index contributed by atoms with van der Waals surface area (Å²) in [5, 5.41) is 2.46. The molecule has 0 saturated carbocycles. The van der Waals surface area contributed by atoms with E-state index in [1.165, 1.54) is 94.5 Å². The van der Waals surface area contributed by atoms with Crippen LogP contribution in [-0.4, -0.2) is 0 Å². The number of benzene rings is 9. The van der Waals surface area contributed by atoms with Crippen LogP contribution < -0.4 is 4.90 Å². The second-order valence-electron chi connectivity index (χ2n) is 16.3. The summed E-state index contributed by atoms with van der Waals surface area (Å²) in [6, 6.07) is 78.6. The largest absolute Gasteiger partial charge is 0.310 e. The molecule has 60 heavy (non-hydrogen) atoms. The van der Waals surface area contributed by atoms with Gasteiger partial charge in [-0.1, -0.05) is 206 Å². The Balaban J connectivity index is 1.04. The number of rotatable bonds is 6. The minimum atomic E-state index is -0.384. The van der Waals surface area contributed by atoms with Crippen LogP contribution >= 0.6 is 0 Å². The molecule has 9 aromatic carbocycles. The van der Waals surface area contributed by atoms with Crippen molar-refractivity contribution in [2.75, 3.05) is 4.90 Å². The molecule has 0 saturated heterocycles. The summed E-state index contributed by atoms with van der Waals surface area (Å²) in [7, 11) is 0. The van der Waals surface area contributed by atoms with Crippen LogP contribution in [0.1, 0.15) is 40.2 Å². The van der Waals surface area contributed by atoms with Crippen molar-refractivity contribution in [2.24, 2.45) is 0 Å². The number of fused-ring (bicyclic) bond motifs is 11. The molecule has 1 atom stereocenters. The van der Waals surface area contributed by atoms with Crippen molar-refractivity contribution in [3.05, 3.63) is 264 Å². The Morgan fingerprint density at radius 1 is 0.400 bits per heavy atom. The molecule has 0 aromatic heterocycles. The van der Waals surface area contributed by atoms with E-state index in [2.05, 4.69) is 235 Å². The van der Waals surface area contributed by atoms with Crippen LogP contribution in [0.2, 0.25) is 0 Å². The van der Waals surface area contributed by atoms with Crippen LogP contribution in [0.25, 0.3) is 55.3 Å². The Hall–Kier alpha value is -7.48. The van der Waals surface area contributed by atoms with E-state index < -0.39 is 0 Å². The van der Waals surface area contributed by atoms with Crippen LogP contribution in [0, 0.1) is 0 Å². The Morgan fingerprint density at radius 2 is 0.950 bits per heavy atom. The van der Waals surface area contributed by atoms with Crippen LogP contribution in [0.3, 0.4) is 0 Å². The maximum absolute atomic E-state index is 2.46. The van der Waals surface area contributed by atoms with E-state index in [1.807, 2.05) is 0 Å². The molecule has 1 nitrogen and oxygen atoms in total. The van der Waals surface area contributed by atoms with E-state index in [4.69, 9.17) is 0 Å². The van der Waals surface area contributed by atoms with Gasteiger partial charge < -0.3 is 4.90 Å². The van der Waals surface area contributed by atoms with E-state index >= 15 is 0 Å². The van der Waals surface area contributed by atoms with Gasteiger partial charge in [0, 0.05) is 22.7 Å². The quantitative estimate of drug-likeness (QED) is 0.163. The predicted octanol–water partition coefficient (Wildman–Crippen LogP) is 15.3. The molecule has 0 aliphatic heterocycles. The molecule has 0 heterocycles. The van der Waals surface area contributed by atoms with Crippen molar-refractivity contribution in [2.45, 2.75) is 17.8 Å². The average molecular weight is 764 g/mol. The summed E-state index contributed by atoms with van der Waals surface area (Å²) in [4.78, 5) is 2.46. The van der Waals surface area contributed by atoms with Gasteiger partial charge in [-0.2, -0.15) is 0 Å². The van der Waals surface area contributed by atoms with E-state index in [9.17, 15) is 0 Å². The lowest BCUT2D eigenvalue weighted by molar-refractivity contribution is 0.794. The third kappa shape index (κ3) is 5.12. The number of hydrogen-bond acceptors (Lipinski definition) is 1. The van der Waals surface area contributed by atoms with Crippen molar-refractivity contribution in [3.63, 3.8) is 0 Å². The molecule has 0 fully saturated rings. The van der Waals surface area contributed by atoms with Crippen molar-refractivity contribution < 1.29 is 0 Å². The van der Waals surface area contributed by atoms with E-state index in [0.29, 0.717) is 5.92 Å². The van der Waals surface area contributed by atoms with Crippen molar-refractivity contribution in [1.82, 2.24) is 0 Å². The maximum atomic E-state index is 2.46. The minimum absolute atomic E-state index is 0.349. The lowest BCUT2D eigenvalue weighted by atomic mass is 9.70. The molecule has 0 bridgehead atoms. The highest BCUT2D eigenvalue weighted by molar-refractivity contribution is 6.09. The number of nitrogens with zero attached hydrogens (tertiary/aromatic N) is 1. The van der Waals surface area contributed by atoms with Gasteiger partial charge >= 0.3 is 0 Å². The summed E-state index contributed by atoms with van der Waals surface area (Å²) in [6.07, 6.45) is 8.07. The molecule has 1 heteroatoms. The van der Waals surface area contributed by atoms with Gasteiger partial charge in [0.2, 0.25) is 0 Å². The first-order valence-electron chi connectivity index (χ1n) is 21.1. The summed E-state index contributed by atoms with van der Waals surface area (Å²) in [5.41, 5.74) is 20.1. The maximum Gasteiger partial charge on any atom is 0.0725 e. The highest BCUT2D eigenvalue weighted by Crippen LogP contribution is 2.64. The van der Waals surface area contributed by atoms with Gasteiger partial charge in [-0.3, -0.25) is 0 Å². The average Bonchev–Trinajstić information content (AvgIpc) is 3.80. The minimum Gasteiger partial charge on any atom is -0.310 e. The first kappa shape index (κ1) is 34.6. The number of anilines is 2. The van der Waals surface area contributed by atoms with Crippen molar-refractivity contribution in [1.29, 1.82) is 0 Å². The Labute approximate surface area is 351 Å². The fraction of sp³-hybridized carbons (Fsp3) is 0.0508. The topological polar surface area (TPSA) is 3.24 Å². The van der Waals surface area contributed by atoms with Crippen LogP contribution in [0.15, 0.2) is 236 Å². The lowest BCUT2D eigenvalue weighted by Gasteiger charge is -2.31. The summed E-state index contributed by atoms with van der Waals surface area (Å²) in [5.74, 6) is 0.349. The monoisotopic (exact) mass is 763 g/mol. The van der Waals surface area contributed by atoms with E-state index in [0.717, 1.165) is 12.1 Å². The molecule has 0 radical (unpaired) electrons. The lowest BCUT2D eigenvalue weighted by Crippen LogP contribution is -2.25. The molecule has 0 amide bonds. The molecule has 1 unspecified atom stereocenters. The Morgan fingerprint density at radius 3 is 1.63 bits per heavy atom. The van der Waals surface area contributed by atoms with E-state index in [-0.39, 0.29) is 5.41 Å². The van der Waals surface area contributed by atoms with Gasteiger partial charge in [0.1, 0.15) is 0 Å². The predicted molar refractivity (Wildman–Crippen MR) is 251 cm³/mol. The molecule has 0 N–H and O–H groups in total. The second-order valence-corrected chi connectivity index (χ2v) is 16.3. The highest BCUT2D eigenvalue weighted by atomic mass is 15.1. The molecular formula is C59H41N. The molecule has 12 rings (SSSR count). The van der Waals surface area contributed by atoms with Gasteiger partial charge in [-0.15, -0.1) is 0 Å². The molecule has 1 spiro atoms. The van der Waals surface area contributed by atoms with Gasteiger partial charge in [-0.05, 0) is 108 Å². The van der Waals surface area contributed by atoms with Crippen LogP contribution in [0.5, 0.6) is 0 Å². The van der Waals surface area contributed by atoms with Crippen LogP contribution in [-0.2, 0) is 5.41 Å². The fourth-order valence-electron chi connectivity index (χ4n) is 10.7. The van der Waals surface area contributed by atoms with Gasteiger partial charge in [0.05, 0.1) is 11.1 Å². The summed E-state index contributed by atoms with van der Waals surface area (Å²) in [6.45, 7) is 0. The molecule has 3 aliphatic carbocycles. The first-order chi connectivity index (χ1) is 29.8. The van der Waals surface area contributed by atoms with E-state index in [1.54, 1.807) is 0 Å². The zero-order chi connectivity index (χ0) is 39.6. The Bertz CT molecular complexity index is 3120. The van der Waals surface area contributed by atoms with Crippen molar-refractivity contribution >= 4 is 22.1 Å². The Kier molecular flexibility index (Phi) is 7.96. The van der Waals surface area contributed by atoms with Gasteiger partial charge in [-0.25, -0.2) is 0 Å². The van der Waals surface area contributed by atoms with Gasteiger partial charge in [0.25, 0.3) is 0 Å². The SMILES string of the molecule is C1=CC(c2ccccc2)CC=C1N(c1ccc(-c2ccccc2)cc1)c1ccc(-c2cccc3c2-c2ccccc2C32c3ccccc3-c3ccccc32)c2ccccc12. The molecule has 3 aliphatic rings. The second kappa shape index (κ2) is 13.8. The standard InChI is InChI=1S/C59H41N/c1-3-16-40(17-4-1)42-30-34-44(35-31-42)60(45-36-32-43(33-37-45)41-18-5-2-6-19-41)57-39-38-47(46-20-7-8-23-50(46)57)51-25-15-29-56-58(51)52-24-11-14-28-55(52)59(56)53-26-12-9-21-48(53)49-22-10-13-27-54(49)59/h1-32,34-39,43H,33H2. The number of hydrogen-bond donors (Lipinski definition) is 0. The zero-order valence-corrected chi connectivity index (χ0v) is 33.2. The summed E-state index contributed by atoms with van der Waals surface area (Å²) >= 11 is 0. The first-order valence-corrected chi connectivity index (χ1v) is 21.1. The van der Waals surface area contributed by atoms with Gasteiger partial charge in [0.15, 0.2) is 0 Å². The highest BCUT2D eigenvalue weighted by Gasteiger charge is 2.52. The molecule has 9 aromatic rings. The third-order valence-electron chi connectivity index (χ3n) is 13.3. The van der Waals surface area contributed by atoms with Crippen molar-refractivity contribution in [3.8, 4) is 44.5 Å². The smallest absolute Gasteiger partial charge is 0.0725 e. The fourth-order valence-corrected chi connectivity index (χ4v) is 10.7. The summed E-state index contributed by atoms with van der Waals surface area (Å²) < 4.78 is 0. The molecular weight excluding hydrogens is 723 g/mol.